The predicted octanol–water partition coefficient (Wildman–Crippen LogP) is 2.78. The normalized spacial score (nSPS) is 16.2. The summed E-state index contributed by atoms with van der Waals surface area (Å²) >= 11 is 0. The lowest BCUT2D eigenvalue weighted by Gasteiger charge is -2.16. The number of hydrogen-bond donors (Lipinski definition) is 0. The Morgan fingerprint density at radius 1 is 0.944 bits per heavy atom. The molecular weight excluding hydrogens is 224 g/mol. The quantitative estimate of drug-likeness (QED) is 0.749. The molecule has 0 radical (unpaired) electrons. The van der Waals surface area contributed by atoms with Crippen molar-refractivity contribution in [2.24, 2.45) is 4.99 Å². The highest BCUT2D eigenvalue weighted by atomic mass is 16.2. The summed E-state index contributed by atoms with van der Waals surface area (Å²) in [5, 5.41) is 0. The van der Waals surface area contributed by atoms with Gasteiger partial charge in [-0.25, -0.2) is 0 Å². The van der Waals surface area contributed by atoms with E-state index >= 15 is 0 Å². The molecule has 1 heterocycles. The lowest BCUT2D eigenvalue weighted by Crippen LogP contribution is -2.25. The number of amides is 1. The molecule has 0 spiro atoms. The van der Waals surface area contributed by atoms with E-state index in [1.165, 1.54) is 0 Å². The first-order valence-corrected chi connectivity index (χ1v) is 5.78. The average Bonchev–Trinajstić information content (AvgIpc) is 2.71. The maximum atomic E-state index is 12.4. The molecule has 0 unspecified atom stereocenters. The van der Waals surface area contributed by atoms with Crippen LogP contribution in [0.2, 0.25) is 0 Å². The van der Waals surface area contributed by atoms with Gasteiger partial charge in [-0.05, 0) is 18.2 Å². The zero-order chi connectivity index (χ0) is 12.5. The molecule has 1 aliphatic rings. The maximum Gasteiger partial charge on any atom is 0.281 e. The molecule has 0 aromatic heterocycles. The van der Waals surface area contributed by atoms with Crippen molar-refractivity contribution in [3.63, 3.8) is 0 Å². The Hall–Kier alpha value is -2.42. The van der Waals surface area contributed by atoms with Crippen molar-refractivity contribution >= 4 is 23.0 Å². The number of fused-ring (bicyclic) bond motifs is 1. The van der Waals surface area contributed by atoms with Crippen molar-refractivity contribution < 1.29 is 4.79 Å². The minimum Gasteiger partial charge on any atom is -0.282 e. The van der Waals surface area contributed by atoms with E-state index in [1.807, 2.05) is 54.6 Å². The van der Waals surface area contributed by atoms with Gasteiger partial charge in [-0.2, -0.15) is 0 Å². The number of benzene rings is 2. The molecular formula is C15H12N2O. The minimum absolute atomic E-state index is 0.0649. The Bertz CT molecular complexity index is 632. The fourth-order valence-corrected chi connectivity index (χ4v) is 2.25. The highest BCUT2D eigenvalue weighted by Gasteiger charge is 2.33. The Balaban J connectivity index is 2.21. The second-order valence-corrected chi connectivity index (χ2v) is 4.07. The first kappa shape index (κ1) is 10.7. The molecule has 0 aliphatic carbocycles. The largest absolute Gasteiger partial charge is 0.282 e. The minimum atomic E-state index is -0.0649. The van der Waals surface area contributed by atoms with E-state index in [0.717, 1.165) is 16.9 Å². The summed E-state index contributed by atoms with van der Waals surface area (Å²) < 4.78 is 0. The van der Waals surface area contributed by atoms with Crippen molar-refractivity contribution in [1.82, 2.24) is 0 Å². The van der Waals surface area contributed by atoms with E-state index in [-0.39, 0.29) is 5.91 Å². The first-order valence-electron chi connectivity index (χ1n) is 5.78. The lowest BCUT2D eigenvalue weighted by atomic mass is 10.1. The molecule has 0 atom stereocenters. The Labute approximate surface area is 105 Å². The van der Waals surface area contributed by atoms with Gasteiger partial charge in [0.25, 0.3) is 5.91 Å². The number of anilines is 2. The second-order valence-electron chi connectivity index (χ2n) is 4.07. The highest BCUT2D eigenvalue weighted by Crippen LogP contribution is 2.35. The maximum absolute atomic E-state index is 12.4. The van der Waals surface area contributed by atoms with Crippen LogP contribution in [0.1, 0.15) is 5.56 Å². The smallest absolute Gasteiger partial charge is 0.281 e. The van der Waals surface area contributed by atoms with Crippen LogP contribution in [0, 0.1) is 0 Å². The van der Waals surface area contributed by atoms with E-state index in [4.69, 9.17) is 0 Å². The van der Waals surface area contributed by atoms with Crippen LogP contribution in [0.25, 0.3) is 0 Å². The van der Waals surface area contributed by atoms with Gasteiger partial charge < -0.3 is 0 Å². The Kier molecular flexibility index (Phi) is 2.45. The monoisotopic (exact) mass is 236 g/mol. The fourth-order valence-electron chi connectivity index (χ4n) is 2.25. The van der Waals surface area contributed by atoms with Crippen molar-refractivity contribution in [2.45, 2.75) is 0 Å². The van der Waals surface area contributed by atoms with Crippen LogP contribution in [-0.2, 0) is 4.79 Å². The third-order valence-corrected chi connectivity index (χ3v) is 3.04. The van der Waals surface area contributed by atoms with E-state index < -0.39 is 0 Å². The van der Waals surface area contributed by atoms with Crippen molar-refractivity contribution in [2.75, 3.05) is 11.9 Å². The number of carbonyl (C=O) groups excluding carboxylic acids is 1. The molecule has 1 aliphatic heterocycles. The molecule has 2 aromatic carbocycles. The zero-order valence-electron chi connectivity index (χ0n) is 10.00. The number of para-hydroxylation sites is 2. The van der Waals surface area contributed by atoms with Gasteiger partial charge in [-0.3, -0.25) is 14.7 Å². The predicted molar refractivity (Wildman–Crippen MR) is 72.5 cm³/mol. The molecule has 3 heteroatoms. The summed E-state index contributed by atoms with van der Waals surface area (Å²) in [6, 6.07) is 17.4. The summed E-state index contributed by atoms with van der Waals surface area (Å²) in [5.74, 6) is -0.0649. The van der Waals surface area contributed by atoms with Crippen LogP contribution in [0.5, 0.6) is 0 Å². The van der Waals surface area contributed by atoms with Crippen LogP contribution in [0.4, 0.5) is 11.4 Å². The van der Waals surface area contributed by atoms with Crippen LogP contribution < -0.4 is 4.90 Å². The molecule has 0 bridgehead atoms. The van der Waals surface area contributed by atoms with Crippen molar-refractivity contribution in [1.29, 1.82) is 0 Å². The zero-order valence-corrected chi connectivity index (χ0v) is 10.00. The molecule has 2 aromatic rings. The van der Waals surface area contributed by atoms with E-state index in [9.17, 15) is 4.79 Å². The molecule has 1 amide bonds. The first-order chi connectivity index (χ1) is 8.83. The number of aliphatic imine (C=N–C) groups is 1. The molecule has 0 N–H and O–H groups in total. The van der Waals surface area contributed by atoms with Gasteiger partial charge in [0, 0.05) is 18.3 Å². The van der Waals surface area contributed by atoms with Crippen LogP contribution in [-0.4, -0.2) is 18.7 Å². The van der Waals surface area contributed by atoms with Gasteiger partial charge >= 0.3 is 0 Å². The molecule has 3 nitrogen and oxygen atoms in total. The van der Waals surface area contributed by atoms with E-state index in [0.29, 0.717) is 5.71 Å². The molecule has 0 saturated heterocycles. The Morgan fingerprint density at radius 3 is 2.33 bits per heavy atom. The summed E-state index contributed by atoms with van der Waals surface area (Å²) in [7, 11) is 1.65. The number of rotatable bonds is 1. The molecule has 18 heavy (non-hydrogen) atoms. The van der Waals surface area contributed by atoms with Gasteiger partial charge in [0.1, 0.15) is 5.71 Å². The standard InChI is InChI=1S/C15H12N2O/c1-16-14-12-9-5-6-10-13(12)17(15(14)18)11-7-3-2-4-8-11/h2-10H,1H3. The average molecular weight is 236 g/mol. The molecule has 0 saturated carbocycles. The molecule has 3 rings (SSSR count). The van der Waals surface area contributed by atoms with Gasteiger partial charge in [-0.1, -0.05) is 36.4 Å². The third kappa shape index (κ3) is 1.44. The van der Waals surface area contributed by atoms with E-state index in [2.05, 4.69) is 4.99 Å². The Morgan fingerprint density at radius 2 is 1.61 bits per heavy atom. The fraction of sp³-hybridized carbons (Fsp3) is 0.0667. The van der Waals surface area contributed by atoms with Gasteiger partial charge in [0.15, 0.2) is 0 Å². The van der Waals surface area contributed by atoms with Crippen molar-refractivity contribution in [3.05, 3.63) is 60.2 Å². The lowest BCUT2D eigenvalue weighted by molar-refractivity contribution is -0.111. The van der Waals surface area contributed by atoms with Gasteiger partial charge in [0.05, 0.1) is 5.69 Å². The topological polar surface area (TPSA) is 32.7 Å². The number of nitrogens with zero attached hydrogens (tertiary/aromatic N) is 2. The SMILES string of the molecule is CN=C1C(=O)N(c2ccccc2)c2ccccc21. The molecule has 88 valence electrons. The van der Waals surface area contributed by atoms with Crippen LogP contribution in [0.15, 0.2) is 59.6 Å². The number of hydrogen-bond acceptors (Lipinski definition) is 2. The second kappa shape index (κ2) is 4.11. The summed E-state index contributed by atoms with van der Waals surface area (Å²) in [5.41, 5.74) is 3.19. The summed E-state index contributed by atoms with van der Waals surface area (Å²) in [4.78, 5) is 18.2. The van der Waals surface area contributed by atoms with Gasteiger partial charge in [0.2, 0.25) is 0 Å². The highest BCUT2D eigenvalue weighted by molar-refractivity contribution is 6.55. The van der Waals surface area contributed by atoms with Crippen molar-refractivity contribution in [3.8, 4) is 0 Å². The van der Waals surface area contributed by atoms with E-state index in [1.54, 1.807) is 11.9 Å². The summed E-state index contributed by atoms with van der Waals surface area (Å²) in [6.45, 7) is 0. The molecule has 0 fully saturated rings. The number of carbonyl (C=O) groups is 1. The van der Waals surface area contributed by atoms with Crippen LogP contribution >= 0.6 is 0 Å². The van der Waals surface area contributed by atoms with Gasteiger partial charge in [-0.15, -0.1) is 0 Å². The third-order valence-electron chi connectivity index (χ3n) is 3.04. The van der Waals surface area contributed by atoms with Crippen LogP contribution in [0.3, 0.4) is 0 Å². The summed E-state index contributed by atoms with van der Waals surface area (Å²) in [6.07, 6.45) is 0.